The van der Waals surface area contributed by atoms with Gasteiger partial charge < -0.3 is 15.0 Å². The summed E-state index contributed by atoms with van der Waals surface area (Å²) in [6.45, 7) is 12.4. The number of carbonyl (C=O) groups is 1. The van der Waals surface area contributed by atoms with Crippen molar-refractivity contribution in [2.45, 2.75) is 75.8 Å². The lowest BCUT2D eigenvalue weighted by atomic mass is 9.72. The quantitative estimate of drug-likeness (QED) is 0.151. The summed E-state index contributed by atoms with van der Waals surface area (Å²) in [6, 6.07) is 19.4. The zero-order chi connectivity index (χ0) is 39.5. The molecule has 12 nitrogen and oxygen atoms in total. The van der Waals surface area contributed by atoms with Gasteiger partial charge in [-0.2, -0.15) is 0 Å². The fourth-order valence-electron chi connectivity index (χ4n) is 8.66. The Balaban J connectivity index is 0.930. The van der Waals surface area contributed by atoms with Crippen LogP contribution in [0.25, 0.3) is 5.57 Å². The van der Waals surface area contributed by atoms with Gasteiger partial charge in [-0.3, -0.25) is 24.7 Å². The number of carbonyl (C=O) groups excluding carboxylic acids is 1. The lowest BCUT2D eigenvalue weighted by molar-refractivity contribution is -0.384. The number of halogens is 1. The predicted molar refractivity (Wildman–Crippen MR) is 221 cm³/mol. The van der Waals surface area contributed by atoms with Crippen LogP contribution >= 0.6 is 11.6 Å². The molecule has 0 radical (unpaired) electrons. The summed E-state index contributed by atoms with van der Waals surface area (Å²) in [5.74, 6) is -0.802. The third-order valence-corrected chi connectivity index (χ3v) is 13.6. The number of anilines is 2. The minimum Gasteiger partial charge on any atom is -0.379 e. The lowest BCUT2D eigenvalue weighted by Crippen LogP contribution is -2.47. The number of hydrogen-bond acceptors (Lipinski definition) is 10. The Hall–Kier alpha value is -4.01. The van der Waals surface area contributed by atoms with Crippen molar-refractivity contribution < 1.29 is 22.9 Å². The number of hydrogen-bond donors (Lipinski definition) is 2. The molecule has 2 heterocycles. The Morgan fingerprint density at radius 3 is 2.27 bits per heavy atom. The van der Waals surface area contributed by atoms with E-state index in [0.717, 1.165) is 114 Å². The highest BCUT2D eigenvalue weighted by molar-refractivity contribution is 7.90. The molecule has 3 aromatic rings. The van der Waals surface area contributed by atoms with E-state index in [1.54, 1.807) is 12.1 Å². The maximum Gasteiger partial charge on any atom is 0.293 e. The van der Waals surface area contributed by atoms with E-state index < -0.39 is 20.9 Å². The van der Waals surface area contributed by atoms with Gasteiger partial charge >= 0.3 is 0 Å². The summed E-state index contributed by atoms with van der Waals surface area (Å²) < 4.78 is 34.2. The molecule has 14 heteroatoms. The van der Waals surface area contributed by atoms with E-state index in [1.165, 1.54) is 35.3 Å². The maximum atomic E-state index is 13.3. The molecule has 1 amide bonds. The summed E-state index contributed by atoms with van der Waals surface area (Å²) >= 11 is 6.20. The molecule has 0 atom stereocenters. The first kappa shape index (κ1) is 40.2. The molecule has 2 saturated heterocycles. The molecule has 7 rings (SSSR count). The number of nitro benzene ring substituents is 1. The molecule has 0 unspecified atom stereocenters. The molecule has 0 aromatic heterocycles. The van der Waals surface area contributed by atoms with E-state index >= 15 is 0 Å². The zero-order valence-electron chi connectivity index (χ0n) is 32.3. The number of piperazine rings is 1. The maximum absolute atomic E-state index is 13.3. The van der Waals surface area contributed by atoms with E-state index in [2.05, 4.69) is 50.7 Å². The number of allylic oxidation sites excluding steroid dienone is 1. The van der Waals surface area contributed by atoms with E-state index in [1.807, 2.05) is 24.3 Å². The Labute approximate surface area is 335 Å². The Morgan fingerprint density at radius 2 is 1.61 bits per heavy atom. The van der Waals surface area contributed by atoms with E-state index in [9.17, 15) is 23.3 Å². The SMILES string of the molecule is CC1(C)CCC(CN2CCN(c3ccc(C(=O)NS(=O)(=O)c4ccc(NC5CCC(N6CCOCC6)CC5)c([N+](=O)[O-])c4)cc3)CC2)=C(c2ccc(Cl)cc2)C1. The number of morpholine rings is 1. The molecular weight excluding hydrogens is 752 g/mol. The van der Waals surface area contributed by atoms with Gasteiger partial charge in [-0.15, -0.1) is 0 Å². The van der Waals surface area contributed by atoms with Crippen LogP contribution in [0, 0.1) is 15.5 Å². The van der Waals surface area contributed by atoms with Crippen molar-refractivity contribution in [3.05, 3.63) is 98.6 Å². The van der Waals surface area contributed by atoms with Gasteiger partial charge in [0, 0.05) is 80.2 Å². The second-order valence-corrected chi connectivity index (χ2v) is 18.5. The van der Waals surface area contributed by atoms with Crippen LogP contribution in [-0.4, -0.2) is 100 Å². The van der Waals surface area contributed by atoms with Gasteiger partial charge in [0.25, 0.3) is 21.6 Å². The molecule has 3 aromatic carbocycles. The number of nitrogens with one attached hydrogen (secondary N) is 2. The first-order valence-corrected chi connectivity index (χ1v) is 21.7. The van der Waals surface area contributed by atoms with Crippen molar-refractivity contribution in [3.8, 4) is 0 Å². The lowest BCUT2D eigenvalue weighted by Gasteiger charge is -2.39. The summed E-state index contributed by atoms with van der Waals surface area (Å²) in [5.41, 5.74) is 5.52. The molecule has 2 N–H and O–H groups in total. The number of amides is 1. The largest absolute Gasteiger partial charge is 0.379 e. The normalized spacial score (nSPS) is 22.4. The number of nitro groups is 1. The Kier molecular flexibility index (Phi) is 12.4. The van der Waals surface area contributed by atoms with Crippen LogP contribution in [0.4, 0.5) is 17.1 Å². The molecule has 0 bridgehead atoms. The highest BCUT2D eigenvalue weighted by Gasteiger charge is 2.31. The van der Waals surface area contributed by atoms with E-state index in [-0.39, 0.29) is 33.3 Å². The third-order valence-electron chi connectivity index (χ3n) is 12.0. The van der Waals surface area contributed by atoms with Gasteiger partial charge in [-0.05, 0) is 110 Å². The summed E-state index contributed by atoms with van der Waals surface area (Å²) in [7, 11) is -4.39. The van der Waals surface area contributed by atoms with E-state index in [0.29, 0.717) is 6.04 Å². The molecule has 3 fully saturated rings. The minimum absolute atomic E-state index is 0.0426. The number of ether oxygens (including phenoxy) is 1. The van der Waals surface area contributed by atoms with Gasteiger partial charge in [-0.1, -0.05) is 43.2 Å². The predicted octanol–water partition coefficient (Wildman–Crippen LogP) is 7.21. The Morgan fingerprint density at radius 1 is 0.929 bits per heavy atom. The summed E-state index contributed by atoms with van der Waals surface area (Å²) in [4.78, 5) is 31.5. The van der Waals surface area contributed by atoms with Crippen molar-refractivity contribution >= 4 is 50.2 Å². The van der Waals surface area contributed by atoms with E-state index in [4.69, 9.17) is 16.3 Å². The van der Waals surface area contributed by atoms with Gasteiger partial charge in [0.1, 0.15) is 5.69 Å². The van der Waals surface area contributed by atoms with Crippen LogP contribution in [0.1, 0.15) is 74.7 Å². The van der Waals surface area contributed by atoms with Crippen LogP contribution in [0.3, 0.4) is 0 Å². The van der Waals surface area contributed by atoms with Crippen molar-refractivity contribution in [2.24, 2.45) is 5.41 Å². The zero-order valence-corrected chi connectivity index (χ0v) is 33.9. The molecule has 0 spiro atoms. The van der Waals surface area contributed by atoms with Gasteiger partial charge in [0.2, 0.25) is 0 Å². The molecule has 2 aliphatic heterocycles. The van der Waals surface area contributed by atoms with Crippen molar-refractivity contribution in [1.82, 2.24) is 14.5 Å². The summed E-state index contributed by atoms with van der Waals surface area (Å²) in [6.07, 6.45) is 6.97. The highest BCUT2D eigenvalue weighted by atomic mass is 35.5. The first-order chi connectivity index (χ1) is 26.8. The third kappa shape index (κ3) is 9.74. The van der Waals surface area contributed by atoms with Crippen LogP contribution in [0.5, 0.6) is 0 Å². The minimum atomic E-state index is -4.39. The van der Waals surface area contributed by atoms with Gasteiger partial charge in [-0.25, -0.2) is 13.1 Å². The summed E-state index contributed by atoms with van der Waals surface area (Å²) in [5, 5.41) is 16.1. The van der Waals surface area contributed by atoms with Crippen LogP contribution < -0.4 is 14.9 Å². The Bertz CT molecular complexity index is 2020. The second kappa shape index (κ2) is 17.2. The number of rotatable bonds is 11. The van der Waals surface area contributed by atoms with Crippen LogP contribution in [0.2, 0.25) is 5.02 Å². The smallest absolute Gasteiger partial charge is 0.293 e. The van der Waals surface area contributed by atoms with Crippen LogP contribution in [-0.2, 0) is 14.8 Å². The molecule has 56 heavy (non-hydrogen) atoms. The highest BCUT2D eigenvalue weighted by Crippen LogP contribution is 2.43. The second-order valence-electron chi connectivity index (χ2n) is 16.4. The monoisotopic (exact) mass is 804 g/mol. The molecule has 4 aliphatic rings. The van der Waals surface area contributed by atoms with Crippen molar-refractivity contribution in [2.75, 3.05) is 69.2 Å². The molecule has 1 saturated carbocycles. The molecule has 300 valence electrons. The van der Waals surface area contributed by atoms with Crippen LogP contribution in [0.15, 0.2) is 77.2 Å². The fraction of sp³-hybridized carbons (Fsp3) is 0.500. The number of sulfonamides is 1. The number of benzene rings is 3. The van der Waals surface area contributed by atoms with Crippen molar-refractivity contribution in [1.29, 1.82) is 0 Å². The van der Waals surface area contributed by atoms with Gasteiger partial charge in [0.15, 0.2) is 0 Å². The molecule has 2 aliphatic carbocycles. The first-order valence-electron chi connectivity index (χ1n) is 19.8. The standard InChI is InChI=1S/C42H53ClN6O6S/c1-42(2)18-17-32(38(28-42)30-3-7-33(43)8-4-30)29-46-19-21-47(22-20-46)35-11-5-31(6-12-35)41(50)45-56(53,54)37-15-16-39(40(27-37)49(51)52)44-34-9-13-36(14-10-34)48-23-25-55-26-24-48/h3-8,11-12,15-16,27,34,36,44H,9-10,13-14,17-26,28-29H2,1-2H3,(H,45,50). The van der Waals surface area contributed by atoms with Gasteiger partial charge in [0.05, 0.1) is 23.0 Å². The van der Waals surface area contributed by atoms with Crippen molar-refractivity contribution in [3.63, 3.8) is 0 Å². The average molecular weight is 805 g/mol. The average Bonchev–Trinajstić information content (AvgIpc) is 3.19. The fourth-order valence-corrected chi connectivity index (χ4v) is 9.78. The topological polar surface area (TPSA) is 137 Å². The number of nitrogens with zero attached hydrogens (tertiary/aromatic N) is 4. The molecular formula is C42H53ClN6O6S.